The van der Waals surface area contributed by atoms with Crippen molar-refractivity contribution in [2.45, 2.75) is 6.92 Å². The fraction of sp³-hybridized carbons (Fsp3) is 0.0769. The van der Waals surface area contributed by atoms with Crippen molar-refractivity contribution in [3.8, 4) is 20.5 Å². The lowest BCUT2D eigenvalue weighted by molar-refractivity contribution is 0.0701. The second-order valence-corrected chi connectivity index (χ2v) is 5.96. The van der Waals surface area contributed by atoms with E-state index in [0.717, 1.165) is 20.5 Å². The first-order chi connectivity index (χ1) is 9.15. The molecule has 0 saturated carbocycles. The normalized spacial score (nSPS) is 10.8. The van der Waals surface area contributed by atoms with Crippen molar-refractivity contribution in [3.05, 3.63) is 41.1 Å². The van der Waals surface area contributed by atoms with Crippen molar-refractivity contribution in [1.29, 1.82) is 0 Å². The largest absolute Gasteiger partial charge is 0.477 e. The Labute approximate surface area is 117 Å². The minimum atomic E-state index is -0.927. The smallest absolute Gasteiger partial charge is 0.347 e. The molecule has 0 radical (unpaired) electrons. The van der Waals surface area contributed by atoms with E-state index in [1.165, 1.54) is 22.7 Å². The molecule has 0 aromatic carbocycles. The Bertz CT molecular complexity index is 725. The Morgan fingerprint density at radius 1 is 1.26 bits per heavy atom. The van der Waals surface area contributed by atoms with Gasteiger partial charge in [0, 0.05) is 0 Å². The summed E-state index contributed by atoms with van der Waals surface area (Å²) in [5, 5.41) is 9.77. The fourth-order valence-electron chi connectivity index (χ4n) is 1.70. The molecule has 4 nitrogen and oxygen atoms in total. The zero-order valence-corrected chi connectivity index (χ0v) is 11.5. The number of nitrogens with zero attached hydrogens (tertiary/aromatic N) is 1. The quantitative estimate of drug-likeness (QED) is 0.787. The molecule has 0 amide bonds. The second kappa shape index (κ2) is 4.64. The summed E-state index contributed by atoms with van der Waals surface area (Å²) in [5.74, 6) is -0.118. The van der Waals surface area contributed by atoms with Gasteiger partial charge >= 0.3 is 5.97 Å². The van der Waals surface area contributed by atoms with Crippen LogP contribution >= 0.6 is 22.7 Å². The summed E-state index contributed by atoms with van der Waals surface area (Å²) in [4.78, 5) is 17.6. The van der Waals surface area contributed by atoms with Crippen molar-refractivity contribution < 1.29 is 14.3 Å². The minimum Gasteiger partial charge on any atom is -0.477 e. The molecule has 0 fully saturated rings. The van der Waals surface area contributed by atoms with Crippen LogP contribution in [0.5, 0.6) is 0 Å². The maximum absolute atomic E-state index is 11.0. The Hall–Kier alpha value is -1.92. The molecule has 3 rings (SSSR count). The highest BCUT2D eigenvalue weighted by Crippen LogP contribution is 2.37. The Balaban J connectivity index is 1.99. The molecule has 3 heterocycles. The highest BCUT2D eigenvalue weighted by molar-refractivity contribution is 7.24. The number of aryl methyl sites for hydroxylation is 1. The monoisotopic (exact) mass is 291 g/mol. The standard InChI is InChI=1S/C13H9NO3S2/c1-7-11(13(15)16)19-12(14-7)10-5-4-9(18-10)8-3-2-6-17-8/h2-6H,1H3,(H,15,16). The predicted molar refractivity (Wildman–Crippen MR) is 74.8 cm³/mol. The number of carboxylic acids is 1. The molecule has 0 unspecified atom stereocenters. The number of rotatable bonds is 3. The lowest BCUT2D eigenvalue weighted by Crippen LogP contribution is -1.94. The fourth-order valence-corrected chi connectivity index (χ4v) is 3.64. The molecule has 0 aliphatic heterocycles. The number of hydrogen-bond acceptors (Lipinski definition) is 5. The van der Waals surface area contributed by atoms with Crippen LogP contribution < -0.4 is 0 Å². The van der Waals surface area contributed by atoms with Gasteiger partial charge in [0.15, 0.2) is 0 Å². The number of thiazole rings is 1. The summed E-state index contributed by atoms with van der Waals surface area (Å²) in [6.07, 6.45) is 1.63. The number of thiophene rings is 1. The van der Waals surface area contributed by atoms with Gasteiger partial charge in [-0.1, -0.05) is 0 Å². The minimum absolute atomic E-state index is 0.294. The van der Waals surface area contributed by atoms with Crippen molar-refractivity contribution in [3.63, 3.8) is 0 Å². The van der Waals surface area contributed by atoms with E-state index in [0.29, 0.717) is 10.6 Å². The molecule has 0 spiro atoms. The topological polar surface area (TPSA) is 63.3 Å². The van der Waals surface area contributed by atoms with Crippen LogP contribution in [0.15, 0.2) is 34.9 Å². The molecule has 6 heteroatoms. The molecule has 19 heavy (non-hydrogen) atoms. The number of aromatic carboxylic acids is 1. The van der Waals surface area contributed by atoms with Gasteiger partial charge in [0.05, 0.1) is 21.7 Å². The van der Waals surface area contributed by atoms with Gasteiger partial charge in [0.25, 0.3) is 0 Å². The van der Waals surface area contributed by atoms with Crippen molar-refractivity contribution in [2.24, 2.45) is 0 Å². The van der Waals surface area contributed by atoms with Crippen LogP contribution in [0.4, 0.5) is 0 Å². The molecule has 0 aliphatic rings. The molecule has 0 bridgehead atoms. The van der Waals surface area contributed by atoms with E-state index < -0.39 is 5.97 Å². The Morgan fingerprint density at radius 3 is 2.68 bits per heavy atom. The maximum atomic E-state index is 11.0. The van der Waals surface area contributed by atoms with Gasteiger partial charge in [-0.15, -0.1) is 22.7 Å². The van der Waals surface area contributed by atoms with Crippen molar-refractivity contribution >= 4 is 28.6 Å². The lowest BCUT2D eigenvalue weighted by Gasteiger charge is -1.89. The summed E-state index contributed by atoms with van der Waals surface area (Å²) < 4.78 is 5.34. The van der Waals surface area contributed by atoms with Crippen LogP contribution in [0, 0.1) is 6.92 Å². The van der Waals surface area contributed by atoms with E-state index in [9.17, 15) is 4.79 Å². The summed E-state index contributed by atoms with van der Waals surface area (Å²) in [6, 6.07) is 7.62. The Kier molecular flexibility index (Phi) is 2.96. The molecule has 3 aromatic heterocycles. The maximum Gasteiger partial charge on any atom is 0.347 e. The van der Waals surface area contributed by atoms with E-state index in [2.05, 4.69) is 4.98 Å². The van der Waals surface area contributed by atoms with Crippen LogP contribution in [0.1, 0.15) is 15.4 Å². The first-order valence-corrected chi connectivity index (χ1v) is 7.13. The highest BCUT2D eigenvalue weighted by Gasteiger charge is 2.16. The van der Waals surface area contributed by atoms with E-state index in [1.54, 1.807) is 13.2 Å². The van der Waals surface area contributed by atoms with Gasteiger partial charge in [-0.05, 0) is 31.2 Å². The van der Waals surface area contributed by atoms with Gasteiger partial charge in [0.2, 0.25) is 0 Å². The van der Waals surface area contributed by atoms with E-state index in [1.807, 2.05) is 24.3 Å². The third kappa shape index (κ3) is 2.20. The summed E-state index contributed by atoms with van der Waals surface area (Å²) in [7, 11) is 0. The van der Waals surface area contributed by atoms with Gasteiger partial charge in [-0.25, -0.2) is 9.78 Å². The molecule has 0 aliphatic carbocycles. The predicted octanol–water partition coefficient (Wildman–Crippen LogP) is 4.14. The summed E-state index contributed by atoms with van der Waals surface area (Å²) in [6.45, 7) is 1.71. The molecule has 0 atom stereocenters. The van der Waals surface area contributed by atoms with Gasteiger partial charge in [-0.3, -0.25) is 0 Å². The first-order valence-electron chi connectivity index (χ1n) is 5.50. The molecule has 1 N–H and O–H groups in total. The van der Waals surface area contributed by atoms with Gasteiger partial charge < -0.3 is 9.52 Å². The molecule has 3 aromatic rings. The summed E-state index contributed by atoms with van der Waals surface area (Å²) in [5.41, 5.74) is 0.556. The van der Waals surface area contributed by atoms with Crippen LogP contribution in [0.2, 0.25) is 0 Å². The number of carbonyl (C=O) groups is 1. The number of carboxylic acid groups (broad SMARTS) is 1. The van der Waals surface area contributed by atoms with Crippen LogP contribution in [-0.4, -0.2) is 16.1 Å². The zero-order chi connectivity index (χ0) is 13.4. The van der Waals surface area contributed by atoms with E-state index in [4.69, 9.17) is 9.52 Å². The van der Waals surface area contributed by atoms with Gasteiger partial charge in [0.1, 0.15) is 15.6 Å². The SMILES string of the molecule is Cc1nc(-c2ccc(-c3ccco3)s2)sc1C(=O)O. The summed E-state index contributed by atoms with van der Waals surface area (Å²) >= 11 is 2.74. The highest BCUT2D eigenvalue weighted by atomic mass is 32.1. The third-order valence-corrected chi connectivity index (χ3v) is 4.99. The average Bonchev–Trinajstić information content (AvgIpc) is 3.08. The zero-order valence-electron chi connectivity index (χ0n) is 9.91. The Morgan fingerprint density at radius 2 is 2.05 bits per heavy atom. The molecule has 0 saturated heterocycles. The lowest BCUT2D eigenvalue weighted by atomic mass is 10.3. The first kappa shape index (κ1) is 12.1. The van der Waals surface area contributed by atoms with Crippen LogP contribution in [0.25, 0.3) is 20.5 Å². The molecular formula is C13H9NO3S2. The average molecular weight is 291 g/mol. The number of hydrogen-bond donors (Lipinski definition) is 1. The van der Waals surface area contributed by atoms with Crippen molar-refractivity contribution in [2.75, 3.05) is 0 Å². The van der Waals surface area contributed by atoms with Crippen molar-refractivity contribution in [1.82, 2.24) is 4.98 Å². The molecule has 96 valence electrons. The second-order valence-electron chi connectivity index (χ2n) is 3.88. The number of furan rings is 1. The third-order valence-electron chi connectivity index (χ3n) is 2.57. The van der Waals surface area contributed by atoms with Crippen LogP contribution in [0.3, 0.4) is 0 Å². The molecular weight excluding hydrogens is 282 g/mol. The van der Waals surface area contributed by atoms with E-state index in [-0.39, 0.29) is 0 Å². The van der Waals surface area contributed by atoms with E-state index >= 15 is 0 Å². The van der Waals surface area contributed by atoms with Gasteiger partial charge in [-0.2, -0.15) is 0 Å². The van der Waals surface area contributed by atoms with Crippen LogP contribution in [-0.2, 0) is 0 Å². The number of aromatic nitrogens is 1.